The molecule has 1 aliphatic carbocycles. The number of nitrogens with two attached hydrogens (primary N) is 1. The summed E-state index contributed by atoms with van der Waals surface area (Å²) in [5, 5.41) is 8.51. The van der Waals surface area contributed by atoms with Gasteiger partial charge in [-0.3, -0.25) is 0 Å². The summed E-state index contributed by atoms with van der Waals surface area (Å²) in [5.74, 6) is 0.925. The Hall–Kier alpha value is -0.910. The van der Waals surface area contributed by atoms with Crippen molar-refractivity contribution in [3.8, 4) is 0 Å². The third kappa shape index (κ3) is 3.80. The Morgan fingerprint density at radius 1 is 1.33 bits per heavy atom. The Balaban J connectivity index is 1.91. The molecule has 1 unspecified atom stereocenters. The lowest BCUT2D eigenvalue weighted by Crippen LogP contribution is -2.20. The topological polar surface area (TPSA) is 72.2 Å². The smallest absolute Gasteiger partial charge is 0.238 e. The number of primary sulfonamides is 1. The second-order valence-electron chi connectivity index (χ2n) is 5.02. The largest absolute Gasteiger partial charge is 0.310 e. The number of hydrogen-bond acceptors (Lipinski definition) is 3. The number of hydrogen-bond donors (Lipinski definition) is 2. The summed E-state index contributed by atoms with van der Waals surface area (Å²) in [7, 11) is -3.59. The van der Waals surface area contributed by atoms with Gasteiger partial charge in [0, 0.05) is 6.04 Å². The first-order valence-electron chi connectivity index (χ1n) is 6.33. The van der Waals surface area contributed by atoms with Gasteiger partial charge in [0.1, 0.15) is 0 Å². The monoisotopic (exact) mass is 268 g/mol. The van der Waals surface area contributed by atoms with Crippen LogP contribution in [-0.4, -0.2) is 15.0 Å². The average molecular weight is 268 g/mol. The van der Waals surface area contributed by atoms with E-state index in [0.717, 1.165) is 18.0 Å². The first-order chi connectivity index (χ1) is 8.47. The van der Waals surface area contributed by atoms with Crippen molar-refractivity contribution in [2.45, 2.75) is 37.1 Å². The van der Waals surface area contributed by atoms with Crippen molar-refractivity contribution in [2.75, 3.05) is 6.54 Å². The lowest BCUT2D eigenvalue weighted by atomic mass is 10.1. The highest BCUT2D eigenvalue weighted by Crippen LogP contribution is 2.31. The van der Waals surface area contributed by atoms with Gasteiger partial charge in [0.25, 0.3) is 0 Å². The summed E-state index contributed by atoms with van der Waals surface area (Å²) in [6.07, 6.45) is 3.98. The van der Waals surface area contributed by atoms with Crippen molar-refractivity contribution in [1.29, 1.82) is 0 Å². The van der Waals surface area contributed by atoms with Gasteiger partial charge in [-0.25, -0.2) is 13.6 Å². The van der Waals surface area contributed by atoms with E-state index in [1.54, 1.807) is 12.1 Å². The second kappa shape index (κ2) is 5.38. The van der Waals surface area contributed by atoms with Crippen LogP contribution in [0.3, 0.4) is 0 Å². The molecule has 1 fully saturated rings. The van der Waals surface area contributed by atoms with E-state index in [1.165, 1.54) is 19.3 Å². The SMILES string of the molecule is CC(NCCC1CC1)c1ccc(S(N)(=O)=O)cc1. The Morgan fingerprint density at radius 2 is 1.94 bits per heavy atom. The van der Waals surface area contributed by atoms with Gasteiger partial charge in [-0.15, -0.1) is 0 Å². The molecule has 1 saturated carbocycles. The number of rotatable bonds is 6. The lowest BCUT2D eigenvalue weighted by Gasteiger charge is -2.14. The van der Waals surface area contributed by atoms with Crippen LogP contribution in [0.4, 0.5) is 0 Å². The van der Waals surface area contributed by atoms with Gasteiger partial charge < -0.3 is 5.32 Å². The van der Waals surface area contributed by atoms with Crippen LogP contribution in [0.1, 0.15) is 37.8 Å². The van der Waals surface area contributed by atoms with E-state index in [-0.39, 0.29) is 10.9 Å². The molecule has 0 saturated heterocycles. The van der Waals surface area contributed by atoms with Gasteiger partial charge in [-0.1, -0.05) is 25.0 Å². The molecular weight excluding hydrogens is 248 g/mol. The first kappa shape index (κ1) is 13.5. The van der Waals surface area contributed by atoms with E-state index in [4.69, 9.17) is 5.14 Å². The van der Waals surface area contributed by atoms with Gasteiger partial charge in [-0.05, 0) is 43.5 Å². The molecule has 2 rings (SSSR count). The molecule has 0 radical (unpaired) electrons. The summed E-state index contributed by atoms with van der Waals surface area (Å²) in [6, 6.07) is 6.98. The summed E-state index contributed by atoms with van der Waals surface area (Å²) in [4.78, 5) is 0.163. The van der Waals surface area contributed by atoms with Crippen molar-refractivity contribution in [3.63, 3.8) is 0 Å². The highest BCUT2D eigenvalue weighted by atomic mass is 32.2. The highest BCUT2D eigenvalue weighted by Gasteiger charge is 2.20. The molecule has 0 aromatic heterocycles. The molecular formula is C13H20N2O2S. The Morgan fingerprint density at radius 3 is 2.44 bits per heavy atom. The molecule has 5 heteroatoms. The van der Waals surface area contributed by atoms with Gasteiger partial charge in [0.2, 0.25) is 10.0 Å². The second-order valence-corrected chi connectivity index (χ2v) is 6.58. The van der Waals surface area contributed by atoms with Crippen molar-refractivity contribution >= 4 is 10.0 Å². The number of sulfonamides is 1. The Bertz CT molecular complexity index is 492. The molecule has 1 aromatic rings. The fraction of sp³-hybridized carbons (Fsp3) is 0.538. The molecule has 1 aliphatic rings. The van der Waals surface area contributed by atoms with Crippen molar-refractivity contribution < 1.29 is 8.42 Å². The van der Waals surface area contributed by atoms with Gasteiger partial charge in [-0.2, -0.15) is 0 Å². The molecule has 18 heavy (non-hydrogen) atoms. The molecule has 100 valence electrons. The van der Waals surface area contributed by atoms with Gasteiger partial charge in [0.15, 0.2) is 0 Å². The van der Waals surface area contributed by atoms with Crippen LogP contribution in [0.25, 0.3) is 0 Å². The maximum absolute atomic E-state index is 11.1. The van der Waals surface area contributed by atoms with Crippen LogP contribution in [0, 0.1) is 5.92 Å². The zero-order valence-electron chi connectivity index (χ0n) is 10.6. The van der Waals surface area contributed by atoms with Crippen LogP contribution in [0.2, 0.25) is 0 Å². The van der Waals surface area contributed by atoms with Crippen LogP contribution in [-0.2, 0) is 10.0 Å². The standard InChI is InChI=1S/C13H20N2O2S/c1-10(15-9-8-11-2-3-11)12-4-6-13(7-5-12)18(14,16)17/h4-7,10-11,15H,2-3,8-9H2,1H3,(H2,14,16,17). The van der Waals surface area contributed by atoms with E-state index in [0.29, 0.717) is 0 Å². The molecule has 0 amide bonds. The summed E-state index contributed by atoms with van der Waals surface area (Å²) in [5.41, 5.74) is 1.08. The van der Waals surface area contributed by atoms with Gasteiger partial charge in [0.05, 0.1) is 4.90 Å². The van der Waals surface area contributed by atoms with Crippen LogP contribution in [0.15, 0.2) is 29.2 Å². The quantitative estimate of drug-likeness (QED) is 0.826. The zero-order chi connectivity index (χ0) is 13.2. The number of benzene rings is 1. The van der Waals surface area contributed by atoms with Crippen molar-refractivity contribution in [2.24, 2.45) is 11.1 Å². The maximum Gasteiger partial charge on any atom is 0.238 e. The Kier molecular flexibility index (Phi) is 4.04. The lowest BCUT2D eigenvalue weighted by molar-refractivity contribution is 0.539. The minimum absolute atomic E-state index is 0.163. The van der Waals surface area contributed by atoms with Crippen LogP contribution >= 0.6 is 0 Å². The fourth-order valence-corrected chi connectivity index (χ4v) is 2.49. The maximum atomic E-state index is 11.1. The summed E-state index contributed by atoms with van der Waals surface area (Å²) < 4.78 is 22.3. The molecule has 3 N–H and O–H groups in total. The van der Waals surface area contributed by atoms with Crippen LogP contribution < -0.4 is 10.5 Å². The third-order valence-electron chi connectivity index (χ3n) is 3.41. The van der Waals surface area contributed by atoms with Crippen molar-refractivity contribution in [3.05, 3.63) is 29.8 Å². The molecule has 1 aromatic carbocycles. The fourth-order valence-electron chi connectivity index (χ4n) is 1.97. The van der Waals surface area contributed by atoms with E-state index < -0.39 is 10.0 Å². The minimum Gasteiger partial charge on any atom is -0.310 e. The first-order valence-corrected chi connectivity index (χ1v) is 7.87. The molecule has 0 heterocycles. The van der Waals surface area contributed by atoms with Crippen molar-refractivity contribution in [1.82, 2.24) is 5.32 Å². The van der Waals surface area contributed by atoms with E-state index in [2.05, 4.69) is 12.2 Å². The molecule has 0 aliphatic heterocycles. The molecule has 1 atom stereocenters. The zero-order valence-corrected chi connectivity index (χ0v) is 11.4. The Labute approximate surface area is 109 Å². The van der Waals surface area contributed by atoms with E-state index >= 15 is 0 Å². The predicted octanol–water partition coefficient (Wildman–Crippen LogP) is 1.78. The average Bonchev–Trinajstić information content (AvgIpc) is 3.12. The third-order valence-corrected chi connectivity index (χ3v) is 4.34. The minimum atomic E-state index is -3.59. The van der Waals surface area contributed by atoms with E-state index in [1.807, 2.05) is 12.1 Å². The normalized spacial score (nSPS) is 17.7. The predicted molar refractivity (Wildman–Crippen MR) is 71.6 cm³/mol. The summed E-state index contributed by atoms with van der Waals surface area (Å²) in [6.45, 7) is 3.10. The van der Waals surface area contributed by atoms with E-state index in [9.17, 15) is 8.42 Å². The van der Waals surface area contributed by atoms with Gasteiger partial charge >= 0.3 is 0 Å². The number of nitrogens with one attached hydrogen (secondary N) is 1. The van der Waals surface area contributed by atoms with Crippen LogP contribution in [0.5, 0.6) is 0 Å². The molecule has 0 spiro atoms. The molecule has 4 nitrogen and oxygen atoms in total. The highest BCUT2D eigenvalue weighted by molar-refractivity contribution is 7.89. The molecule has 0 bridgehead atoms. The summed E-state index contributed by atoms with van der Waals surface area (Å²) >= 11 is 0.